The average molecular weight is 250 g/mol. The topological polar surface area (TPSA) is 61.0 Å². The second kappa shape index (κ2) is 4.59. The van der Waals surface area contributed by atoms with Crippen molar-refractivity contribution in [2.24, 2.45) is 0 Å². The Balaban J connectivity index is 2.49. The van der Waals surface area contributed by atoms with Gasteiger partial charge in [0.25, 0.3) is 0 Å². The summed E-state index contributed by atoms with van der Waals surface area (Å²) in [5, 5.41) is 0.542. The van der Waals surface area contributed by atoms with E-state index in [1.165, 1.54) is 0 Å². The molecule has 1 aromatic carbocycles. The van der Waals surface area contributed by atoms with Gasteiger partial charge in [-0.2, -0.15) is 0 Å². The lowest BCUT2D eigenvalue weighted by atomic mass is 10.1. The van der Waals surface area contributed by atoms with Crippen molar-refractivity contribution in [2.45, 2.75) is 6.92 Å². The van der Waals surface area contributed by atoms with Crippen LogP contribution in [0.25, 0.3) is 11.3 Å². The molecule has 0 radical (unpaired) electrons. The van der Waals surface area contributed by atoms with Crippen molar-refractivity contribution in [3.63, 3.8) is 0 Å². The van der Waals surface area contributed by atoms with Gasteiger partial charge < -0.3 is 10.5 Å². The van der Waals surface area contributed by atoms with Crippen LogP contribution in [0.15, 0.2) is 24.3 Å². The first kappa shape index (κ1) is 11.7. The number of ether oxygens (including phenoxy) is 1. The van der Waals surface area contributed by atoms with E-state index in [-0.39, 0.29) is 0 Å². The highest BCUT2D eigenvalue weighted by atomic mass is 35.5. The maximum Gasteiger partial charge on any atom is 0.137 e. The van der Waals surface area contributed by atoms with Gasteiger partial charge >= 0.3 is 0 Å². The van der Waals surface area contributed by atoms with Crippen LogP contribution in [0.1, 0.15) is 5.82 Å². The molecule has 0 amide bonds. The molecule has 2 N–H and O–H groups in total. The number of nitrogens with zero attached hydrogens (tertiary/aromatic N) is 2. The zero-order valence-corrected chi connectivity index (χ0v) is 10.3. The van der Waals surface area contributed by atoms with Crippen molar-refractivity contribution in [1.82, 2.24) is 9.97 Å². The molecule has 1 heterocycles. The van der Waals surface area contributed by atoms with Crippen LogP contribution in [0, 0.1) is 6.92 Å². The maximum atomic E-state index is 6.06. The Hall–Kier alpha value is -1.81. The van der Waals surface area contributed by atoms with Gasteiger partial charge in [0.1, 0.15) is 17.4 Å². The number of halogens is 1. The molecule has 2 rings (SSSR count). The number of hydrogen-bond acceptors (Lipinski definition) is 4. The molecule has 5 heteroatoms. The maximum absolute atomic E-state index is 6.06. The van der Waals surface area contributed by atoms with Crippen LogP contribution in [0.5, 0.6) is 5.75 Å². The Kier molecular flexibility index (Phi) is 3.15. The zero-order valence-electron chi connectivity index (χ0n) is 9.57. The number of rotatable bonds is 2. The van der Waals surface area contributed by atoms with E-state index in [9.17, 15) is 0 Å². The lowest BCUT2D eigenvalue weighted by molar-refractivity contribution is 0.415. The summed E-state index contributed by atoms with van der Waals surface area (Å²) in [5.41, 5.74) is 7.31. The highest BCUT2D eigenvalue weighted by Crippen LogP contribution is 2.29. The van der Waals surface area contributed by atoms with E-state index in [4.69, 9.17) is 22.1 Å². The number of benzene rings is 1. The van der Waals surface area contributed by atoms with E-state index in [0.29, 0.717) is 22.4 Å². The van der Waals surface area contributed by atoms with Gasteiger partial charge in [0, 0.05) is 11.6 Å². The molecule has 0 spiro atoms. The first-order chi connectivity index (χ1) is 8.10. The van der Waals surface area contributed by atoms with E-state index in [1.54, 1.807) is 32.2 Å². The van der Waals surface area contributed by atoms with Gasteiger partial charge in [-0.25, -0.2) is 9.97 Å². The van der Waals surface area contributed by atoms with Crippen LogP contribution >= 0.6 is 11.6 Å². The molecule has 0 saturated heterocycles. The Labute approximate surface area is 104 Å². The predicted molar refractivity (Wildman–Crippen MR) is 68.2 cm³/mol. The summed E-state index contributed by atoms with van der Waals surface area (Å²) in [6.45, 7) is 1.80. The predicted octanol–water partition coefficient (Wildman–Crippen LogP) is 2.70. The summed E-state index contributed by atoms with van der Waals surface area (Å²) >= 11 is 6.06. The van der Waals surface area contributed by atoms with Crippen LogP contribution in [-0.2, 0) is 0 Å². The molecule has 1 aromatic heterocycles. The molecule has 0 saturated carbocycles. The molecule has 0 aliphatic heterocycles. The second-order valence-corrected chi connectivity index (χ2v) is 3.98. The number of anilines is 1. The molecule has 0 fully saturated rings. The fraction of sp³-hybridized carbons (Fsp3) is 0.167. The average Bonchev–Trinajstić information content (AvgIpc) is 2.27. The number of nitrogens with two attached hydrogens (primary N) is 1. The number of aromatic nitrogens is 2. The van der Waals surface area contributed by atoms with Crippen molar-refractivity contribution in [1.29, 1.82) is 0 Å². The van der Waals surface area contributed by atoms with Gasteiger partial charge in [-0.15, -0.1) is 0 Å². The summed E-state index contributed by atoms with van der Waals surface area (Å²) in [4.78, 5) is 8.34. The summed E-state index contributed by atoms with van der Waals surface area (Å²) in [6, 6.07) is 7.18. The van der Waals surface area contributed by atoms with Gasteiger partial charge in [0.15, 0.2) is 0 Å². The Morgan fingerprint density at radius 1 is 1.24 bits per heavy atom. The lowest BCUT2D eigenvalue weighted by Gasteiger charge is -2.06. The van der Waals surface area contributed by atoms with Crippen LogP contribution < -0.4 is 10.5 Å². The van der Waals surface area contributed by atoms with Crippen molar-refractivity contribution >= 4 is 17.4 Å². The smallest absolute Gasteiger partial charge is 0.137 e. The van der Waals surface area contributed by atoms with E-state index >= 15 is 0 Å². The van der Waals surface area contributed by atoms with Crippen LogP contribution in [0.3, 0.4) is 0 Å². The normalized spacial score (nSPS) is 10.3. The van der Waals surface area contributed by atoms with Crippen molar-refractivity contribution in [3.05, 3.63) is 35.1 Å². The molecule has 0 aliphatic rings. The first-order valence-corrected chi connectivity index (χ1v) is 5.43. The number of aryl methyl sites for hydroxylation is 1. The van der Waals surface area contributed by atoms with Crippen molar-refractivity contribution < 1.29 is 4.74 Å². The molecule has 0 aliphatic carbocycles. The molecule has 0 atom stereocenters. The van der Waals surface area contributed by atoms with Gasteiger partial charge in [-0.05, 0) is 25.1 Å². The molecular formula is C12H12ClN3O. The van der Waals surface area contributed by atoms with Crippen LogP contribution in [0.2, 0.25) is 5.02 Å². The van der Waals surface area contributed by atoms with E-state index < -0.39 is 0 Å². The number of hydrogen-bond donors (Lipinski definition) is 1. The summed E-state index contributed by atoms with van der Waals surface area (Å²) in [6.07, 6.45) is 0. The fourth-order valence-corrected chi connectivity index (χ4v) is 1.82. The van der Waals surface area contributed by atoms with Crippen LogP contribution in [-0.4, -0.2) is 17.1 Å². The Morgan fingerprint density at radius 2 is 2.00 bits per heavy atom. The molecule has 2 aromatic rings. The Morgan fingerprint density at radius 3 is 2.59 bits per heavy atom. The highest BCUT2D eigenvalue weighted by Gasteiger charge is 2.06. The SMILES string of the molecule is COc1ccc(-c2cc(N)nc(C)n2)cc1Cl. The highest BCUT2D eigenvalue weighted by molar-refractivity contribution is 6.32. The second-order valence-electron chi connectivity index (χ2n) is 3.57. The molecule has 17 heavy (non-hydrogen) atoms. The number of methoxy groups -OCH3 is 1. The zero-order chi connectivity index (χ0) is 12.4. The third kappa shape index (κ3) is 2.47. The van der Waals surface area contributed by atoms with Crippen molar-refractivity contribution in [3.8, 4) is 17.0 Å². The van der Waals surface area contributed by atoms with Crippen LogP contribution in [0.4, 0.5) is 5.82 Å². The van der Waals surface area contributed by atoms with Gasteiger partial charge in [-0.3, -0.25) is 0 Å². The first-order valence-electron chi connectivity index (χ1n) is 5.05. The van der Waals surface area contributed by atoms with Gasteiger partial charge in [-0.1, -0.05) is 11.6 Å². The number of nitrogen functional groups attached to an aromatic ring is 1. The lowest BCUT2D eigenvalue weighted by Crippen LogP contribution is -1.97. The van der Waals surface area contributed by atoms with Gasteiger partial charge in [0.05, 0.1) is 17.8 Å². The quantitative estimate of drug-likeness (QED) is 0.889. The van der Waals surface area contributed by atoms with E-state index in [2.05, 4.69) is 9.97 Å². The van der Waals surface area contributed by atoms with E-state index in [1.807, 2.05) is 6.07 Å². The third-order valence-electron chi connectivity index (χ3n) is 2.31. The molecule has 0 unspecified atom stereocenters. The minimum Gasteiger partial charge on any atom is -0.495 e. The fourth-order valence-electron chi connectivity index (χ4n) is 1.56. The summed E-state index contributed by atoms with van der Waals surface area (Å²) < 4.78 is 5.09. The summed E-state index contributed by atoms with van der Waals surface area (Å²) in [7, 11) is 1.58. The third-order valence-corrected chi connectivity index (χ3v) is 2.60. The monoisotopic (exact) mass is 249 g/mol. The molecular weight excluding hydrogens is 238 g/mol. The molecule has 0 bridgehead atoms. The molecule has 4 nitrogen and oxygen atoms in total. The van der Waals surface area contributed by atoms with Gasteiger partial charge in [0.2, 0.25) is 0 Å². The minimum atomic E-state index is 0.444. The Bertz CT molecular complexity index is 537. The minimum absolute atomic E-state index is 0.444. The van der Waals surface area contributed by atoms with E-state index in [0.717, 1.165) is 11.3 Å². The van der Waals surface area contributed by atoms with Crippen molar-refractivity contribution in [2.75, 3.05) is 12.8 Å². The molecule has 88 valence electrons. The largest absolute Gasteiger partial charge is 0.495 e. The standard InChI is InChI=1S/C12H12ClN3O/c1-7-15-10(6-12(14)16-7)8-3-4-11(17-2)9(13)5-8/h3-6H,1-2H3,(H2,14,15,16). The summed E-state index contributed by atoms with van der Waals surface area (Å²) in [5.74, 6) is 1.71.